The predicted octanol–water partition coefficient (Wildman–Crippen LogP) is 4.04. The van der Waals surface area contributed by atoms with E-state index in [9.17, 15) is 0 Å². The fraction of sp³-hybridized carbons (Fsp3) is 0.412. The van der Waals surface area contributed by atoms with Crippen molar-refractivity contribution in [3.63, 3.8) is 0 Å². The Hall–Kier alpha value is -1.12. The van der Waals surface area contributed by atoms with Crippen LogP contribution in [0.4, 0.5) is 0 Å². The Morgan fingerprint density at radius 2 is 1.89 bits per heavy atom. The van der Waals surface area contributed by atoms with E-state index in [1.54, 1.807) is 0 Å². The average Bonchev–Trinajstić information content (AvgIpc) is 3.05. The van der Waals surface area contributed by atoms with E-state index >= 15 is 0 Å². The molecule has 0 saturated heterocycles. The topological polar surface area (TPSA) is 26.0 Å². The number of fused-ring (bicyclic) bond motifs is 1. The van der Waals surface area contributed by atoms with Gasteiger partial charge in [-0.3, -0.25) is 0 Å². The first-order valence-electron chi connectivity index (χ1n) is 7.21. The third-order valence-corrected chi connectivity index (χ3v) is 5.29. The van der Waals surface area contributed by atoms with Crippen molar-refractivity contribution in [1.29, 1.82) is 0 Å². The Balaban J connectivity index is 1.74. The van der Waals surface area contributed by atoms with E-state index in [1.807, 2.05) is 11.3 Å². The van der Waals surface area contributed by atoms with Gasteiger partial charge >= 0.3 is 0 Å². The van der Waals surface area contributed by atoms with Gasteiger partial charge in [0.05, 0.1) is 0 Å². The van der Waals surface area contributed by atoms with Gasteiger partial charge in [0.25, 0.3) is 0 Å². The highest BCUT2D eigenvalue weighted by Gasteiger charge is 2.14. The molecule has 0 bridgehead atoms. The highest BCUT2D eigenvalue weighted by molar-refractivity contribution is 7.11. The Bertz CT molecular complexity index is 570. The van der Waals surface area contributed by atoms with E-state index in [4.69, 9.17) is 5.73 Å². The minimum atomic E-state index is 0.134. The average molecular weight is 271 g/mol. The minimum absolute atomic E-state index is 0.134. The summed E-state index contributed by atoms with van der Waals surface area (Å²) in [5, 5.41) is 0. The fourth-order valence-electron chi connectivity index (χ4n) is 2.88. The zero-order valence-corrected chi connectivity index (χ0v) is 12.3. The molecular weight excluding hydrogens is 250 g/mol. The number of nitrogens with two attached hydrogens (primary N) is 1. The first kappa shape index (κ1) is 12.9. The Morgan fingerprint density at radius 3 is 2.68 bits per heavy atom. The van der Waals surface area contributed by atoms with Crippen molar-refractivity contribution in [1.82, 2.24) is 0 Å². The smallest absolute Gasteiger partial charge is 0.0343 e. The van der Waals surface area contributed by atoms with Crippen LogP contribution in [0.15, 0.2) is 30.3 Å². The second-order valence-electron chi connectivity index (χ2n) is 5.41. The van der Waals surface area contributed by atoms with E-state index in [0.29, 0.717) is 0 Å². The summed E-state index contributed by atoms with van der Waals surface area (Å²) < 4.78 is 0. The molecule has 2 N–H and O–H groups in total. The Morgan fingerprint density at radius 1 is 1.11 bits per heavy atom. The molecule has 0 aliphatic heterocycles. The third-order valence-electron chi connectivity index (χ3n) is 4.04. The van der Waals surface area contributed by atoms with Crippen LogP contribution in [-0.2, 0) is 25.7 Å². The van der Waals surface area contributed by atoms with Gasteiger partial charge in [0.2, 0.25) is 0 Å². The van der Waals surface area contributed by atoms with Crippen LogP contribution >= 0.6 is 11.3 Å². The molecule has 3 rings (SSSR count). The number of aryl methyl sites for hydroxylation is 3. The molecule has 0 radical (unpaired) electrons. The standard InChI is InChI=1S/C17H21NS/c1-2-15-8-9-16(19-15)11-17(18)14-7-6-12-4-3-5-13(12)10-14/h6-10,17H,2-5,11,18H2,1H3. The van der Waals surface area contributed by atoms with E-state index in [1.165, 1.54) is 45.7 Å². The van der Waals surface area contributed by atoms with Crippen LogP contribution in [0.1, 0.15) is 45.8 Å². The molecule has 2 aromatic rings. The monoisotopic (exact) mass is 271 g/mol. The van der Waals surface area contributed by atoms with E-state index in [-0.39, 0.29) is 6.04 Å². The van der Waals surface area contributed by atoms with Crippen molar-refractivity contribution < 1.29 is 0 Å². The maximum atomic E-state index is 6.38. The van der Waals surface area contributed by atoms with Gasteiger partial charge in [-0.2, -0.15) is 0 Å². The van der Waals surface area contributed by atoms with Crippen molar-refractivity contribution in [2.75, 3.05) is 0 Å². The first-order chi connectivity index (χ1) is 9.26. The highest BCUT2D eigenvalue weighted by Crippen LogP contribution is 2.27. The van der Waals surface area contributed by atoms with Crippen molar-refractivity contribution in [2.24, 2.45) is 5.73 Å². The molecule has 19 heavy (non-hydrogen) atoms. The minimum Gasteiger partial charge on any atom is -0.324 e. The molecule has 1 aliphatic rings. The molecule has 0 fully saturated rings. The maximum absolute atomic E-state index is 6.38. The van der Waals surface area contributed by atoms with E-state index < -0.39 is 0 Å². The van der Waals surface area contributed by atoms with Gasteiger partial charge in [-0.05, 0) is 54.5 Å². The van der Waals surface area contributed by atoms with Crippen molar-refractivity contribution in [3.05, 3.63) is 56.8 Å². The summed E-state index contributed by atoms with van der Waals surface area (Å²) in [5.41, 5.74) is 10.7. The third kappa shape index (κ3) is 2.75. The van der Waals surface area contributed by atoms with Gasteiger partial charge in [0.1, 0.15) is 0 Å². The molecular formula is C17H21NS. The van der Waals surface area contributed by atoms with Gasteiger partial charge in [0, 0.05) is 22.2 Å². The molecule has 1 atom stereocenters. The molecule has 0 saturated carbocycles. The second kappa shape index (κ2) is 5.48. The molecule has 1 aromatic heterocycles. The number of rotatable bonds is 4. The molecule has 1 nitrogen and oxygen atoms in total. The van der Waals surface area contributed by atoms with Gasteiger partial charge in [0.15, 0.2) is 0 Å². The van der Waals surface area contributed by atoms with Crippen LogP contribution in [-0.4, -0.2) is 0 Å². The normalized spacial score (nSPS) is 15.5. The molecule has 2 heteroatoms. The lowest BCUT2D eigenvalue weighted by atomic mass is 9.99. The summed E-state index contributed by atoms with van der Waals surface area (Å²) in [6.45, 7) is 2.20. The van der Waals surface area contributed by atoms with Crippen LogP contribution in [0.5, 0.6) is 0 Å². The van der Waals surface area contributed by atoms with Crippen molar-refractivity contribution >= 4 is 11.3 Å². The van der Waals surface area contributed by atoms with Crippen LogP contribution in [0.2, 0.25) is 0 Å². The van der Waals surface area contributed by atoms with E-state index in [0.717, 1.165) is 12.8 Å². The summed E-state index contributed by atoms with van der Waals surface area (Å²) in [7, 11) is 0. The number of hydrogen-bond donors (Lipinski definition) is 1. The van der Waals surface area contributed by atoms with Gasteiger partial charge in [-0.25, -0.2) is 0 Å². The van der Waals surface area contributed by atoms with E-state index in [2.05, 4.69) is 37.3 Å². The summed E-state index contributed by atoms with van der Waals surface area (Å²) in [5.74, 6) is 0. The lowest BCUT2D eigenvalue weighted by Gasteiger charge is -2.12. The molecule has 0 spiro atoms. The van der Waals surface area contributed by atoms with Gasteiger partial charge in [-0.1, -0.05) is 25.1 Å². The van der Waals surface area contributed by atoms with Crippen LogP contribution in [0.25, 0.3) is 0 Å². The molecule has 1 heterocycles. The summed E-state index contributed by atoms with van der Waals surface area (Å²) >= 11 is 1.90. The molecule has 1 aromatic carbocycles. The van der Waals surface area contributed by atoms with Gasteiger partial charge < -0.3 is 5.73 Å². The predicted molar refractivity (Wildman–Crippen MR) is 82.8 cm³/mol. The lowest BCUT2D eigenvalue weighted by molar-refractivity contribution is 0.729. The summed E-state index contributed by atoms with van der Waals surface area (Å²) in [4.78, 5) is 2.86. The number of benzene rings is 1. The Kier molecular flexibility index (Phi) is 3.72. The van der Waals surface area contributed by atoms with Crippen molar-refractivity contribution in [3.8, 4) is 0 Å². The maximum Gasteiger partial charge on any atom is 0.0343 e. The molecule has 100 valence electrons. The fourth-order valence-corrected chi connectivity index (χ4v) is 3.90. The number of hydrogen-bond acceptors (Lipinski definition) is 2. The quantitative estimate of drug-likeness (QED) is 0.892. The second-order valence-corrected chi connectivity index (χ2v) is 6.67. The molecule has 0 amide bonds. The van der Waals surface area contributed by atoms with Crippen LogP contribution < -0.4 is 5.73 Å². The largest absolute Gasteiger partial charge is 0.324 e. The van der Waals surface area contributed by atoms with Crippen LogP contribution in [0, 0.1) is 0 Å². The van der Waals surface area contributed by atoms with Gasteiger partial charge in [-0.15, -0.1) is 11.3 Å². The van der Waals surface area contributed by atoms with Crippen LogP contribution in [0.3, 0.4) is 0 Å². The zero-order valence-electron chi connectivity index (χ0n) is 11.5. The molecule has 1 aliphatic carbocycles. The lowest BCUT2D eigenvalue weighted by Crippen LogP contribution is -2.13. The van der Waals surface area contributed by atoms with Crippen molar-refractivity contribution in [2.45, 2.75) is 45.1 Å². The number of thiophene rings is 1. The zero-order chi connectivity index (χ0) is 13.2. The Labute approximate surface area is 119 Å². The summed E-state index contributed by atoms with van der Waals surface area (Å²) in [6, 6.07) is 11.4. The molecule has 1 unspecified atom stereocenters. The first-order valence-corrected chi connectivity index (χ1v) is 8.03. The highest BCUT2D eigenvalue weighted by atomic mass is 32.1. The summed E-state index contributed by atoms with van der Waals surface area (Å²) in [6.07, 6.45) is 5.87. The SMILES string of the molecule is CCc1ccc(CC(N)c2ccc3c(c2)CCC3)s1.